The fourth-order valence-corrected chi connectivity index (χ4v) is 3.04. The van der Waals surface area contributed by atoms with E-state index in [4.69, 9.17) is 9.47 Å². The third-order valence-electron chi connectivity index (χ3n) is 4.30. The number of hydrogen-bond acceptors (Lipinski definition) is 4. The van der Waals surface area contributed by atoms with Crippen molar-refractivity contribution < 1.29 is 23.5 Å². The molecule has 0 saturated carbocycles. The third kappa shape index (κ3) is 3.33. The topological polar surface area (TPSA) is 55.8 Å². The Morgan fingerprint density at radius 2 is 1.52 bits per heavy atom. The molecular weight excluding hydrogens is 325 g/mol. The van der Waals surface area contributed by atoms with Crippen molar-refractivity contribution in [2.75, 3.05) is 19.1 Å². The second-order valence-electron chi connectivity index (χ2n) is 5.82. The van der Waals surface area contributed by atoms with E-state index in [-0.39, 0.29) is 30.6 Å². The van der Waals surface area contributed by atoms with Crippen molar-refractivity contribution in [2.24, 2.45) is 0 Å². The Balaban J connectivity index is 1.83. The van der Waals surface area contributed by atoms with Crippen LogP contribution in [0.2, 0.25) is 0 Å². The predicted octanol–water partition coefficient (Wildman–Crippen LogP) is 3.28. The number of rotatable bonds is 4. The van der Waals surface area contributed by atoms with E-state index in [2.05, 4.69) is 0 Å². The summed E-state index contributed by atoms with van der Waals surface area (Å²) in [6.07, 6.45) is 0.386. The number of imide groups is 1. The van der Waals surface area contributed by atoms with Gasteiger partial charge in [0.2, 0.25) is 11.8 Å². The number of carbonyl (C=O) groups is 2. The van der Waals surface area contributed by atoms with Gasteiger partial charge in [-0.25, -0.2) is 4.39 Å². The zero-order chi connectivity index (χ0) is 18.0. The van der Waals surface area contributed by atoms with Gasteiger partial charge in [-0.15, -0.1) is 0 Å². The van der Waals surface area contributed by atoms with Gasteiger partial charge in [0.15, 0.2) is 11.5 Å². The number of benzene rings is 2. The van der Waals surface area contributed by atoms with Crippen LogP contribution in [0.1, 0.15) is 24.3 Å². The highest BCUT2D eigenvalue weighted by Crippen LogP contribution is 2.36. The Kier molecular flexibility index (Phi) is 4.70. The molecule has 1 heterocycles. The van der Waals surface area contributed by atoms with Crippen LogP contribution in [-0.2, 0) is 9.59 Å². The molecule has 0 unspecified atom stereocenters. The zero-order valence-electron chi connectivity index (χ0n) is 14.0. The van der Waals surface area contributed by atoms with E-state index in [9.17, 15) is 14.0 Å². The SMILES string of the molecule is COc1ccc(C2CC(=O)N(c3ccc(F)cc3)C(=O)C2)cc1OC. The lowest BCUT2D eigenvalue weighted by atomic mass is 9.88. The Morgan fingerprint density at radius 3 is 2.08 bits per heavy atom. The molecule has 0 atom stereocenters. The van der Waals surface area contributed by atoms with Gasteiger partial charge >= 0.3 is 0 Å². The maximum atomic E-state index is 13.1. The summed E-state index contributed by atoms with van der Waals surface area (Å²) in [5, 5.41) is 0. The Morgan fingerprint density at radius 1 is 0.920 bits per heavy atom. The summed E-state index contributed by atoms with van der Waals surface area (Å²) in [7, 11) is 3.08. The fraction of sp³-hybridized carbons (Fsp3) is 0.263. The van der Waals surface area contributed by atoms with E-state index in [0.29, 0.717) is 17.2 Å². The van der Waals surface area contributed by atoms with Crippen LogP contribution in [0, 0.1) is 5.82 Å². The maximum Gasteiger partial charge on any atom is 0.234 e. The van der Waals surface area contributed by atoms with Crippen LogP contribution in [0.3, 0.4) is 0 Å². The van der Waals surface area contributed by atoms with Gasteiger partial charge in [-0.3, -0.25) is 14.5 Å². The van der Waals surface area contributed by atoms with Crippen LogP contribution in [-0.4, -0.2) is 26.0 Å². The van der Waals surface area contributed by atoms with Crippen molar-refractivity contribution in [1.82, 2.24) is 0 Å². The molecule has 0 spiro atoms. The number of hydrogen-bond donors (Lipinski definition) is 0. The lowest BCUT2D eigenvalue weighted by molar-refractivity contribution is -0.129. The number of nitrogens with zero attached hydrogens (tertiary/aromatic N) is 1. The Hall–Kier alpha value is -2.89. The summed E-state index contributed by atoms with van der Waals surface area (Å²) in [6.45, 7) is 0. The summed E-state index contributed by atoms with van der Waals surface area (Å²) in [5.41, 5.74) is 1.24. The Labute approximate surface area is 145 Å². The standard InChI is InChI=1S/C19H18FNO4/c1-24-16-8-3-12(9-17(16)25-2)13-10-18(22)21(19(23)11-13)15-6-4-14(20)5-7-15/h3-9,13H,10-11H2,1-2H3. The average molecular weight is 343 g/mol. The molecule has 1 aliphatic heterocycles. The molecule has 1 aliphatic rings. The van der Waals surface area contributed by atoms with Crippen LogP contribution < -0.4 is 14.4 Å². The number of piperidine rings is 1. The van der Waals surface area contributed by atoms with Gasteiger partial charge in [-0.1, -0.05) is 6.07 Å². The van der Waals surface area contributed by atoms with E-state index in [0.717, 1.165) is 10.5 Å². The number of halogens is 1. The van der Waals surface area contributed by atoms with E-state index < -0.39 is 5.82 Å². The molecule has 5 nitrogen and oxygen atoms in total. The zero-order valence-corrected chi connectivity index (χ0v) is 14.0. The van der Waals surface area contributed by atoms with E-state index in [1.807, 2.05) is 6.07 Å². The molecular formula is C19H18FNO4. The van der Waals surface area contributed by atoms with Gasteiger partial charge in [-0.2, -0.15) is 0 Å². The van der Waals surface area contributed by atoms with Crippen molar-refractivity contribution in [2.45, 2.75) is 18.8 Å². The number of methoxy groups -OCH3 is 2. The van der Waals surface area contributed by atoms with Crippen molar-refractivity contribution in [3.05, 3.63) is 53.8 Å². The lowest BCUT2D eigenvalue weighted by Crippen LogP contribution is -2.42. The monoisotopic (exact) mass is 343 g/mol. The van der Waals surface area contributed by atoms with Gasteiger partial charge in [0.25, 0.3) is 0 Å². The second-order valence-corrected chi connectivity index (χ2v) is 5.82. The largest absolute Gasteiger partial charge is 0.493 e. The summed E-state index contributed by atoms with van der Waals surface area (Å²) < 4.78 is 23.5. The molecule has 130 valence electrons. The van der Waals surface area contributed by atoms with Crippen LogP contribution in [0.4, 0.5) is 10.1 Å². The minimum atomic E-state index is -0.413. The number of anilines is 1. The van der Waals surface area contributed by atoms with Crippen LogP contribution >= 0.6 is 0 Å². The first-order valence-electron chi connectivity index (χ1n) is 7.86. The van der Waals surface area contributed by atoms with Gasteiger partial charge in [0.05, 0.1) is 19.9 Å². The molecule has 2 amide bonds. The summed E-state index contributed by atoms with van der Waals surface area (Å²) in [6, 6.07) is 10.7. The minimum absolute atomic E-state index is 0.193. The molecule has 0 bridgehead atoms. The van der Waals surface area contributed by atoms with E-state index >= 15 is 0 Å². The van der Waals surface area contributed by atoms with Crippen molar-refractivity contribution in [1.29, 1.82) is 0 Å². The number of carbonyl (C=O) groups excluding carboxylic acids is 2. The van der Waals surface area contributed by atoms with Crippen LogP contribution in [0.25, 0.3) is 0 Å². The molecule has 1 fully saturated rings. The third-order valence-corrected chi connectivity index (χ3v) is 4.30. The normalized spacial score (nSPS) is 15.4. The van der Waals surface area contributed by atoms with Gasteiger partial charge < -0.3 is 9.47 Å². The smallest absolute Gasteiger partial charge is 0.234 e. The first kappa shape index (κ1) is 17.0. The van der Waals surface area contributed by atoms with Crippen molar-refractivity contribution in [3.63, 3.8) is 0 Å². The number of ether oxygens (including phenoxy) is 2. The van der Waals surface area contributed by atoms with Gasteiger partial charge in [0.1, 0.15) is 5.82 Å². The summed E-state index contributed by atoms with van der Waals surface area (Å²) in [5.74, 6) is -0.0980. The highest BCUT2D eigenvalue weighted by atomic mass is 19.1. The average Bonchev–Trinajstić information content (AvgIpc) is 2.62. The van der Waals surface area contributed by atoms with Crippen LogP contribution in [0.15, 0.2) is 42.5 Å². The quantitative estimate of drug-likeness (QED) is 0.800. The molecule has 3 rings (SSSR count). The highest BCUT2D eigenvalue weighted by molar-refractivity contribution is 6.17. The highest BCUT2D eigenvalue weighted by Gasteiger charge is 2.34. The van der Waals surface area contributed by atoms with Crippen LogP contribution in [0.5, 0.6) is 11.5 Å². The van der Waals surface area contributed by atoms with Crippen molar-refractivity contribution >= 4 is 17.5 Å². The molecule has 0 aromatic heterocycles. The lowest BCUT2D eigenvalue weighted by Gasteiger charge is -2.30. The fourth-order valence-electron chi connectivity index (χ4n) is 3.04. The molecule has 0 aliphatic carbocycles. The van der Waals surface area contributed by atoms with Gasteiger partial charge in [-0.05, 0) is 42.0 Å². The maximum absolute atomic E-state index is 13.1. The van der Waals surface area contributed by atoms with E-state index in [1.165, 1.54) is 31.4 Å². The first-order chi connectivity index (χ1) is 12.0. The molecule has 2 aromatic carbocycles. The predicted molar refractivity (Wildman–Crippen MR) is 90.4 cm³/mol. The van der Waals surface area contributed by atoms with Gasteiger partial charge in [0, 0.05) is 18.8 Å². The first-order valence-corrected chi connectivity index (χ1v) is 7.86. The van der Waals surface area contributed by atoms with Crippen molar-refractivity contribution in [3.8, 4) is 11.5 Å². The molecule has 25 heavy (non-hydrogen) atoms. The summed E-state index contributed by atoms with van der Waals surface area (Å²) in [4.78, 5) is 26.1. The van der Waals surface area contributed by atoms with E-state index in [1.54, 1.807) is 19.2 Å². The Bertz CT molecular complexity index is 786. The number of amides is 2. The molecule has 6 heteroatoms. The molecule has 2 aromatic rings. The second kappa shape index (κ2) is 6.93. The molecule has 0 N–H and O–H groups in total. The molecule has 0 radical (unpaired) electrons. The molecule has 1 saturated heterocycles. The summed E-state index contributed by atoms with van der Waals surface area (Å²) >= 11 is 0. The minimum Gasteiger partial charge on any atom is -0.493 e.